The average Bonchev–Trinajstić information content (AvgIpc) is 2.99. The first kappa shape index (κ1) is 18.0. The highest BCUT2D eigenvalue weighted by Crippen LogP contribution is 2.25. The van der Waals surface area contributed by atoms with Crippen molar-refractivity contribution >= 4 is 17.3 Å². The summed E-state index contributed by atoms with van der Waals surface area (Å²) < 4.78 is 0. The molecular weight excluding hydrogens is 282 g/mol. The highest BCUT2D eigenvalue weighted by molar-refractivity contribution is 7.10. The third-order valence-electron chi connectivity index (χ3n) is 3.45. The highest BCUT2D eigenvalue weighted by Gasteiger charge is 2.23. The van der Waals surface area contributed by atoms with Crippen LogP contribution in [0.25, 0.3) is 0 Å². The molecule has 0 aliphatic rings. The normalized spacial score (nSPS) is 14.9. The smallest absolute Gasteiger partial charge is 0.188 e. The van der Waals surface area contributed by atoms with Crippen LogP contribution in [0, 0.1) is 0 Å². The summed E-state index contributed by atoms with van der Waals surface area (Å²) in [4.78, 5) is 5.15. The minimum absolute atomic E-state index is 0.281. The number of hydrogen-bond acceptors (Lipinski definition) is 3. The molecule has 1 heterocycles. The Morgan fingerprint density at radius 1 is 1.33 bits per heavy atom. The Balaban J connectivity index is 2.18. The first-order valence-corrected chi connectivity index (χ1v) is 8.74. The Bertz CT molecular complexity index is 402. The molecule has 1 atom stereocenters. The molecule has 1 rings (SSSR count). The number of unbranched alkanes of at least 4 members (excludes halogenated alkanes) is 5. The summed E-state index contributed by atoms with van der Waals surface area (Å²) in [5.41, 5.74) is 4.88. The molecule has 0 saturated heterocycles. The van der Waals surface area contributed by atoms with E-state index in [0.29, 0.717) is 5.96 Å². The van der Waals surface area contributed by atoms with Crippen LogP contribution in [0.1, 0.15) is 57.2 Å². The van der Waals surface area contributed by atoms with E-state index in [1.54, 1.807) is 6.92 Å². The first-order chi connectivity index (χ1) is 10.1. The number of aliphatic hydroxyl groups is 1. The van der Waals surface area contributed by atoms with Gasteiger partial charge in [0.2, 0.25) is 0 Å². The minimum atomic E-state index is -0.944. The van der Waals surface area contributed by atoms with Crippen molar-refractivity contribution in [1.82, 2.24) is 5.32 Å². The fourth-order valence-corrected chi connectivity index (χ4v) is 2.86. The van der Waals surface area contributed by atoms with Crippen molar-refractivity contribution < 1.29 is 5.11 Å². The van der Waals surface area contributed by atoms with Gasteiger partial charge >= 0.3 is 0 Å². The second-order valence-electron chi connectivity index (χ2n) is 5.65. The van der Waals surface area contributed by atoms with Crippen molar-refractivity contribution in [3.63, 3.8) is 0 Å². The summed E-state index contributed by atoms with van der Waals surface area (Å²) in [5, 5.41) is 15.4. The molecule has 0 saturated carbocycles. The Labute approximate surface area is 132 Å². The first-order valence-electron chi connectivity index (χ1n) is 7.86. The minimum Gasteiger partial charge on any atom is -0.383 e. The zero-order valence-corrected chi connectivity index (χ0v) is 14.1. The molecule has 1 aromatic rings. The molecule has 0 radical (unpaired) electrons. The van der Waals surface area contributed by atoms with Gasteiger partial charge in [-0.1, -0.05) is 45.1 Å². The molecule has 0 aliphatic heterocycles. The van der Waals surface area contributed by atoms with Crippen LogP contribution in [0.5, 0.6) is 0 Å². The van der Waals surface area contributed by atoms with Crippen LogP contribution in [0.4, 0.5) is 0 Å². The molecule has 5 heteroatoms. The van der Waals surface area contributed by atoms with Crippen molar-refractivity contribution in [3.8, 4) is 0 Å². The van der Waals surface area contributed by atoms with Crippen molar-refractivity contribution in [2.45, 2.75) is 58.0 Å². The summed E-state index contributed by atoms with van der Waals surface area (Å²) >= 11 is 1.53. The van der Waals surface area contributed by atoms with Crippen LogP contribution in [-0.4, -0.2) is 24.2 Å². The maximum Gasteiger partial charge on any atom is 0.188 e. The van der Waals surface area contributed by atoms with Gasteiger partial charge in [0.15, 0.2) is 5.96 Å². The molecule has 21 heavy (non-hydrogen) atoms. The van der Waals surface area contributed by atoms with E-state index in [1.165, 1.54) is 43.4 Å². The molecule has 1 unspecified atom stereocenters. The summed E-state index contributed by atoms with van der Waals surface area (Å²) in [7, 11) is 0. The number of nitrogens with zero attached hydrogens (tertiary/aromatic N) is 1. The van der Waals surface area contributed by atoms with E-state index >= 15 is 0 Å². The van der Waals surface area contributed by atoms with E-state index in [1.807, 2.05) is 17.5 Å². The third-order valence-corrected chi connectivity index (χ3v) is 4.57. The number of guanidine groups is 1. The molecule has 0 fully saturated rings. The molecule has 0 aromatic carbocycles. The number of nitrogens with one attached hydrogen (secondary N) is 1. The van der Waals surface area contributed by atoms with Crippen molar-refractivity contribution in [2.75, 3.05) is 13.1 Å². The predicted octanol–water partition coefficient (Wildman–Crippen LogP) is 3.22. The van der Waals surface area contributed by atoms with Crippen molar-refractivity contribution in [3.05, 3.63) is 22.4 Å². The van der Waals surface area contributed by atoms with E-state index in [-0.39, 0.29) is 6.54 Å². The van der Waals surface area contributed by atoms with Crippen LogP contribution in [0.3, 0.4) is 0 Å². The second kappa shape index (κ2) is 9.79. The molecule has 0 spiro atoms. The maximum atomic E-state index is 10.3. The number of aliphatic imine (C=N–C) groups is 1. The SMILES string of the molecule is CCCCCCCCNC(N)=NCC(C)(O)c1cccs1. The van der Waals surface area contributed by atoms with E-state index in [9.17, 15) is 5.11 Å². The fourth-order valence-electron chi connectivity index (χ4n) is 2.08. The lowest BCUT2D eigenvalue weighted by molar-refractivity contribution is 0.0712. The van der Waals surface area contributed by atoms with Gasteiger partial charge in [0.25, 0.3) is 0 Å². The fraction of sp³-hybridized carbons (Fsp3) is 0.688. The standard InChI is InChI=1S/C16H29N3OS/c1-3-4-5-6-7-8-11-18-15(17)19-13-16(2,20)14-10-9-12-21-14/h9-10,12,20H,3-8,11,13H2,1-2H3,(H3,17,18,19). The quantitative estimate of drug-likeness (QED) is 0.353. The summed E-state index contributed by atoms with van der Waals surface area (Å²) in [5.74, 6) is 0.417. The van der Waals surface area contributed by atoms with Gasteiger partial charge in [-0.05, 0) is 24.8 Å². The molecule has 1 aromatic heterocycles. The average molecular weight is 311 g/mol. The zero-order valence-electron chi connectivity index (χ0n) is 13.3. The van der Waals surface area contributed by atoms with Gasteiger partial charge in [0, 0.05) is 11.4 Å². The molecule has 4 N–H and O–H groups in total. The van der Waals surface area contributed by atoms with E-state index in [0.717, 1.165) is 17.8 Å². The van der Waals surface area contributed by atoms with E-state index in [2.05, 4.69) is 17.2 Å². The van der Waals surface area contributed by atoms with Gasteiger partial charge in [-0.2, -0.15) is 0 Å². The lowest BCUT2D eigenvalue weighted by Crippen LogP contribution is -2.34. The van der Waals surface area contributed by atoms with Crippen LogP contribution in [-0.2, 0) is 5.60 Å². The van der Waals surface area contributed by atoms with Crippen LogP contribution in [0.2, 0.25) is 0 Å². The van der Waals surface area contributed by atoms with Crippen molar-refractivity contribution in [2.24, 2.45) is 10.7 Å². The predicted molar refractivity (Wildman–Crippen MR) is 91.8 cm³/mol. The number of nitrogens with two attached hydrogens (primary N) is 1. The Morgan fingerprint density at radius 2 is 2.05 bits per heavy atom. The zero-order chi connectivity index (χ0) is 15.6. The van der Waals surface area contributed by atoms with Crippen LogP contribution < -0.4 is 11.1 Å². The van der Waals surface area contributed by atoms with Crippen molar-refractivity contribution in [1.29, 1.82) is 0 Å². The molecule has 0 amide bonds. The van der Waals surface area contributed by atoms with Crippen LogP contribution in [0.15, 0.2) is 22.5 Å². The topological polar surface area (TPSA) is 70.6 Å². The van der Waals surface area contributed by atoms with Gasteiger partial charge in [0.1, 0.15) is 5.60 Å². The summed E-state index contributed by atoms with van der Waals surface area (Å²) in [6.07, 6.45) is 7.56. The van der Waals surface area contributed by atoms with Gasteiger partial charge in [-0.3, -0.25) is 4.99 Å². The number of thiophene rings is 1. The summed E-state index contributed by atoms with van der Waals surface area (Å²) in [6, 6.07) is 3.85. The largest absolute Gasteiger partial charge is 0.383 e. The molecular formula is C16H29N3OS. The Kier molecular flexibility index (Phi) is 8.38. The van der Waals surface area contributed by atoms with Gasteiger partial charge in [0.05, 0.1) is 6.54 Å². The second-order valence-corrected chi connectivity index (χ2v) is 6.59. The highest BCUT2D eigenvalue weighted by atomic mass is 32.1. The molecule has 0 aliphatic carbocycles. The molecule has 120 valence electrons. The molecule has 4 nitrogen and oxygen atoms in total. The van der Waals surface area contributed by atoms with Gasteiger partial charge in [-0.25, -0.2) is 0 Å². The van der Waals surface area contributed by atoms with Gasteiger partial charge in [-0.15, -0.1) is 11.3 Å². The lowest BCUT2D eigenvalue weighted by atomic mass is 10.1. The Hall–Kier alpha value is -1.07. The number of hydrogen-bond donors (Lipinski definition) is 3. The maximum absolute atomic E-state index is 10.3. The van der Waals surface area contributed by atoms with E-state index in [4.69, 9.17) is 5.73 Å². The van der Waals surface area contributed by atoms with E-state index < -0.39 is 5.60 Å². The molecule has 0 bridgehead atoms. The van der Waals surface area contributed by atoms with Gasteiger partial charge < -0.3 is 16.2 Å². The lowest BCUT2D eigenvalue weighted by Gasteiger charge is -2.19. The van der Waals surface area contributed by atoms with Crippen LogP contribution >= 0.6 is 11.3 Å². The number of rotatable bonds is 10. The summed E-state index contributed by atoms with van der Waals surface area (Å²) in [6.45, 7) is 5.12. The third kappa shape index (κ3) is 7.48. The monoisotopic (exact) mass is 311 g/mol. The Morgan fingerprint density at radius 3 is 2.71 bits per heavy atom.